The van der Waals surface area contributed by atoms with Crippen molar-refractivity contribution < 1.29 is 19.2 Å². The maximum absolute atomic E-state index is 12.8. The van der Waals surface area contributed by atoms with Gasteiger partial charge in [-0.1, -0.05) is 23.7 Å². The zero-order chi connectivity index (χ0) is 21.5. The first kappa shape index (κ1) is 22.8. The van der Waals surface area contributed by atoms with Crippen molar-refractivity contribution in [1.82, 2.24) is 0 Å². The summed E-state index contributed by atoms with van der Waals surface area (Å²) in [5, 5.41) is 4.18. The van der Waals surface area contributed by atoms with Gasteiger partial charge in [-0.25, -0.2) is 4.79 Å². The molecule has 3 rings (SSSR count). The van der Waals surface area contributed by atoms with Gasteiger partial charge in [0.1, 0.15) is 10.6 Å². The van der Waals surface area contributed by atoms with E-state index in [-0.39, 0.29) is 12.5 Å². The highest BCUT2D eigenvalue weighted by Gasteiger charge is 2.26. The predicted octanol–water partition coefficient (Wildman–Crippen LogP) is 4.34. The third kappa shape index (κ3) is 5.84. The summed E-state index contributed by atoms with van der Waals surface area (Å²) >= 11 is 7.44. The number of hydrogen-bond acceptors (Lipinski definition) is 4. The van der Waals surface area contributed by atoms with Crippen molar-refractivity contribution in [2.45, 2.75) is 46.0 Å². The van der Waals surface area contributed by atoms with E-state index in [0.29, 0.717) is 22.0 Å². The Labute approximate surface area is 187 Å². The zero-order valence-electron chi connectivity index (χ0n) is 17.7. The average Bonchev–Trinajstić information content (AvgIpc) is 2.88. The number of halogens is 1. The van der Waals surface area contributed by atoms with Gasteiger partial charge >= 0.3 is 5.97 Å². The highest BCUT2D eigenvalue weighted by molar-refractivity contribution is 7.17. The van der Waals surface area contributed by atoms with Gasteiger partial charge in [0.15, 0.2) is 0 Å². The van der Waals surface area contributed by atoms with Gasteiger partial charge in [0.2, 0.25) is 5.91 Å². The van der Waals surface area contributed by atoms with Crippen LogP contribution >= 0.6 is 22.9 Å². The minimum Gasteiger partial charge on any atom is -0.462 e. The molecule has 162 valence electrons. The van der Waals surface area contributed by atoms with Gasteiger partial charge in [0, 0.05) is 15.5 Å². The third-order valence-corrected chi connectivity index (χ3v) is 6.74. The number of anilines is 1. The first-order valence-corrected chi connectivity index (χ1v) is 11.9. The van der Waals surface area contributed by atoms with Crippen LogP contribution in [0, 0.1) is 6.92 Å². The molecule has 2 heterocycles. The minimum absolute atomic E-state index is 0.0544. The summed E-state index contributed by atoms with van der Waals surface area (Å²) in [6.45, 7) is 7.12. The number of aryl methyl sites for hydroxylation is 1. The molecule has 7 heteroatoms. The second kappa shape index (κ2) is 10.9. The van der Waals surface area contributed by atoms with Crippen molar-refractivity contribution >= 4 is 39.8 Å². The van der Waals surface area contributed by atoms with Crippen LogP contribution in [0.2, 0.25) is 5.02 Å². The van der Waals surface area contributed by atoms with Gasteiger partial charge in [-0.05, 0) is 57.2 Å². The van der Waals surface area contributed by atoms with Gasteiger partial charge in [0.25, 0.3) is 0 Å². The van der Waals surface area contributed by atoms with Gasteiger partial charge in [-0.2, -0.15) is 0 Å². The van der Waals surface area contributed by atoms with Crippen LogP contribution in [0.1, 0.15) is 54.3 Å². The second-order valence-electron chi connectivity index (χ2n) is 7.68. The Morgan fingerprint density at radius 1 is 1.13 bits per heavy atom. The Kier molecular flexibility index (Phi) is 8.31. The van der Waals surface area contributed by atoms with E-state index in [1.165, 1.54) is 41.9 Å². The molecule has 1 fully saturated rings. The van der Waals surface area contributed by atoms with Crippen molar-refractivity contribution in [2.24, 2.45) is 0 Å². The lowest BCUT2D eigenvalue weighted by atomic mass is 10.0. The van der Waals surface area contributed by atoms with E-state index < -0.39 is 5.97 Å². The lowest BCUT2D eigenvalue weighted by Crippen LogP contribution is -3.12. The fraction of sp³-hybridized carbons (Fsp3) is 0.478. The number of carbonyl (C=O) groups excluding carboxylic acids is 2. The molecule has 5 nitrogen and oxygen atoms in total. The van der Waals surface area contributed by atoms with Crippen LogP contribution in [0.15, 0.2) is 24.3 Å². The molecule has 1 aromatic carbocycles. The molecule has 0 spiro atoms. The van der Waals surface area contributed by atoms with Crippen LogP contribution in [0.4, 0.5) is 5.00 Å². The van der Waals surface area contributed by atoms with Crippen molar-refractivity contribution in [3.63, 3.8) is 0 Å². The first-order chi connectivity index (χ1) is 14.5. The molecule has 1 saturated heterocycles. The van der Waals surface area contributed by atoms with Crippen LogP contribution in [-0.2, 0) is 9.53 Å². The molecule has 2 N–H and O–H groups in total. The van der Waals surface area contributed by atoms with Crippen molar-refractivity contribution in [1.29, 1.82) is 0 Å². The quantitative estimate of drug-likeness (QED) is 0.618. The van der Waals surface area contributed by atoms with Crippen molar-refractivity contribution in [3.8, 4) is 11.1 Å². The minimum atomic E-state index is -0.416. The summed E-state index contributed by atoms with van der Waals surface area (Å²) in [4.78, 5) is 27.9. The lowest BCUT2D eigenvalue weighted by molar-refractivity contribution is -0.898. The van der Waals surface area contributed by atoms with E-state index >= 15 is 0 Å². The van der Waals surface area contributed by atoms with Gasteiger partial charge < -0.3 is 15.0 Å². The molecule has 1 amide bonds. The van der Waals surface area contributed by atoms with Gasteiger partial charge in [-0.15, -0.1) is 11.3 Å². The molecule has 0 atom stereocenters. The number of amides is 1. The molecule has 0 unspecified atom stereocenters. The molecule has 30 heavy (non-hydrogen) atoms. The Balaban J connectivity index is 1.79. The van der Waals surface area contributed by atoms with Crippen LogP contribution in [-0.4, -0.2) is 38.1 Å². The van der Waals surface area contributed by atoms with Crippen molar-refractivity contribution in [3.05, 3.63) is 39.7 Å². The monoisotopic (exact) mass is 449 g/mol. The van der Waals surface area contributed by atoms with E-state index in [0.717, 1.165) is 35.6 Å². The number of nitrogens with one attached hydrogen (secondary N) is 2. The van der Waals surface area contributed by atoms with Crippen LogP contribution < -0.4 is 10.2 Å². The number of hydrogen-bond donors (Lipinski definition) is 2. The van der Waals surface area contributed by atoms with Crippen LogP contribution in [0.25, 0.3) is 11.1 Å². The predicted molar refractivity (Wildman–Crippen MR) is 123 cm³/mol. The number of likely N-dealkylation sites (tertiary alicyclic amines) is 1. The Hall–Kier alpha value is -1.89. The SMILES string of the molecule is CCOC(=O)c1c(NC(=O)CC[NH+]2CCCCCC2)sc(C)c1-c1ccc(Cl)cc1. The van der Waals surface area contributed by atoms with Crippen LogP contribution in [0.3, 0.4) is 0 Å². The number of rotatable bonds is 7. The molecule has 0 radical (unpaired) electrons. The Bertz CT molecular complexity index is 871. The number of quaternary nitrogens is 1. The fourth-order valence-corrected chi connectivity index (χ4v) is 5.16. The van der Waals surface area contributed by atoms with E-state index in [4.69, 9.17) is 16.3 Å². The number of carbonyl (C=O) groups is 2. The van der Waals surface area contributed by atoms with Gasteiger partial charge in [0.05, 0.1) is 32.7 Å². The highest BCUT2D eigenvalue weighted by Crippen LogP contribution is 2.40. The molecular formula is C23H30ClN2O3S+. The molecular weight excluding hydrogens is 420 g/mol. The number of ether oxygens (including phenoxy) is 1. The van der Waals surface area contributed by atoms with Crippen molar-refractivity contribution in [2.75, 3.05) is 31.6 Å². The maximum atomic E-state index is 12.8. The molecule has 1 aromatic heterocycles. The Morgan fingerprint density at radius 3 is 2.43 bits per heavy atom. The number of esters is 1. The third-order valence-electron chi connectivity index (χ3n) is 5.47. The zero-order valence-corrected chi connectivity index (χ0v) is 19.3. The molecule has 1 aliphatic rings. The summed E-state index contributed by atoms with van der Waals surface area (Å²) in [5.41, 5.74) is 2.10. The highest BCUT2D eigenvalue weighted by atomic mass is 35.5. The molecule has 0 saturated carbocycles. The standard InChI is InChI=1S/C23H29ClN2O3S/c1-3-29-23(28)21-20(17-8-10-18(24)11-9-17)16(2)30-22(21)25-19(27)12-15-26-13-6-4-5-7-14-26/h8-11H,3-7,12-15H2,1-2H3,(H,25,27)/p+1. The summed E-state index contributed by atoms with van der Waals surface area (Å²) in [5.74, 6) is -0.471. The largest absolute Gasteiger partial charge is 0.462 e. The molecule has 0 aliphatic carbocycles. The first-order valence-electron chi connectivity index (χ1n) is 10.7. The summed E-state index contributed by atoms with van der Waals surface area (Å²) in [6, 6.07) is 7.36. The summed E-state index contributed by atoms with van der Waals surface area (Å²) in [7, 11) is 0. The summed E-state index contributed by atoms with van der Waals surface area (Å²) < 4.78 is 5.30. The number of benzene rings is 1. The molecule has 2 aromatic rings. The topological polar surface area (TPSA) is 59.8 Å². The fourth-order valence-electron chi connectivity index (χ4n) is 3.95. The van der Waals surface area contributed by atoms with E-state index in [2.05, 4.69) is 5.32 Å². The normalized spacial score (nSPS) is 14.9. The lowest BCUT2D eigenvalue weighted by Gasteiger charge is -2.16. The van der Waals surface area contributed by atoms with E-state index in [1.807, 2.05) is 19.1 Å². The second-order valence-corrected chi connectivity index (χ2v) is 9.34. The Morgan fingerprint density at radius 2 is 1.80 bits per heavy atom. The van der Waals surface area contributed by atoms with E-state index in [9.17, 15) is 9.59 Å². The number of thiophene rings is 1. The molecule has 1 aliphatic heterocycles. The average molecular weight is 450 g/mol. The maximum Gasteiger partial charge on any atom is 0.341 e. The smallest absolute Gasteiger partial charge is 0.341 e. The van der Waals surface area contributed by atoms with E-state index in [1.54, 1.807) is 19.1 Å². The van der Waals surface area contributed by atoms with Crippen LogP contribution in [0.5, 0.6) is 0 Å². The molecule has 0 bridgehead atoms. The summed E-state index contributed by atoms with van der Waals surface area (Å²) in [6.07, 6.45) is 5.50. The van der Waals surface area contributed by atoms with Gasteiger partial charge in [-0.3, -0.25) is 4.79 Å².